The summed E-state index contributed by atoms with van der Waals surface area (Å²) in [4.78, 5) is 1.39. The Morgan fingerprint density at radius 3 is 2.06 bits per heavy atom. The fourth-order valence-electron chi connectivity index (χ4n) is 1.12. The van der Waals surface area contributed by atoms with Gasteiger partial charge in [0.2, 0.25) is 0 Å². The van der Waals surface area contributed by atoms with E-state index in [1.165, 1.54) is 4.88 Å². The molecule has 2 aromatic rings. The lowest BCUT2D eigenvalue weighted by molar-refractivity contribution is -2.00. The van der Waals surface area contributed by atoms with Crippen LogP contribution in [-0.2, 0) is 6.54 Å². The zero-order valence-electron chi connectivity index (χ0n) is 8.69. The van der Waals surface area contributed by atoms with E-state index in [9.17, 15) is 0 Å². The monoisotopic (exact) mass is 275 g/mol. The van der Waals surface area contributed by atoms with Crippen molar-refractivity contribution in [2.24, 2.45) is 0 Å². The van der Waals surface area contributed by atoms with E-state index in [2.05, 4.69) is 34.5 Å². The average Bonchev–Trinajstić information content (AvgIpc) is 2.69. The van der Waals surface area contributed by atoms with Crippen LogP contribution in [0.1, 0.15) is 4.88 Å². The van der Waals surface area contributed by atoms with Crippen molar-refractivity contribution >= 4 is 11.3 Å². The topological polar surface area (TPSA) is 96.1 Å². The molecule has 0 radical (unpaired) electrons. The molecule has 0 aliphatic heterocycles. The molecule has 0 bridgehead atoms. The van der Waals surface area contributed by atoms with Crippen LogP contribution >= 0.6 is 11.3 Å². The maximum atomic E-state index is 8.49. The number of hydrogen-bond acceptors (Lipinski definition) is 5. The Kier molecular flexibility index (Phi) is 5.49. The first-order valence-electron chi connectivity index (χ1n) is 4.53. The molecule has 0 saturated carbocycles. The third-order valence-electron chi connectivity index (χ3n) is 1.70. The summed E-state index contributed by atoms with van der Waals surface area (Å²) in [7, 11) is -4.94. The van der Waals surface area contributed by atoms with E-state index in [4.69, 9.17) is 18.6 Å². The van der Waals surface area contributed by atoms with Crippen molar-refractivity contribution < 1.29 is 33.4 Å². The van der Waals surface area contributed by atoms with Gasteiger partial charge in [0.1, 0.15) is 0 Å². The van der Waals surface area contributed by atoms with Crippen molar-refractivity contribution in [3.8, 4) is 0 Å². The van der Waals surface area contributed by atoms with Crippen LogP contribution in [0.3, 0.4) is 0 Å². The molecule has 2 rings (SSSR count). The van der Waals surface area contributed by atoms with Gasteiger partial charge < -0.3 is 0 Å². The average molecular weight is 276 g/mol. The van der Waals surface area contributed by atoms with E-state index in [1.807, 2.05) is 18.2 Å². The molecule has 0 atom stereocenters. The first kappa shape index (κ1) is 14.0. The summed E-state index contributed by atoms with van der Waals surface area (Å²) in [5.74, 6) is 0. The normalized spacial score (nSPS) is 10.6. The minimum Gasteiger partial charge on any atom is -0.222 e. The highest BCUT2D eigenvalue weighted by molar-refractivity contribution is 7.09. The largest absolute Gasteiger partial charge is 0.222 e. The first-order valence-corrected chi connectivity index (χ1v) is 6.65. The third kappa shape index (κ3) is 7.81. The van der Waals surface area contributed by atoms with Crippen LogP contribution in [0.2, 0.25) is 0 Å². The molecule has 0 spiro atoms. The Balaban J connectivity index is 0.000000249. The van der Waals surface area contributed by atoms with Gasteiger partial charge in [-0.25, -0.2) is 18.6 Å². The summed E-state index contributed by atoms with van der Waals surface area (Å²) < 4.78 is 36.1. The van der Waals surface area contributed by atoms with Crippen molar-refractivity contribution in [3.63, 3.8) is 0 Å². The number of aromatic nitrogens is 1. The lowest BCUT2D eigenvalue weighted by atomic mass is 10.4. The van der Waals surface area contributed by atoms with Crippen LogP contribution in [0.5, 0.6) is 0 Å². The zero-order chi connectivity index (χ0) is 12.7. The van der Waals surface area contributed by atoms with Gasteiger partial charge in [0.05, 0.1) is 4.88 Å². The maximum absolute atomic E-state index is 8.49. The molecule has 0 aliphatic rings. The summed E-state index contributed by atoms with van der Waals surface area (Å²) in [6, 6.07) is 10.4. The number of pyridine rings is 1. The van der Waals surface area contributed by atoms with E-state index < -0.39 is 10.2 Å². The SMILES string of the molecule is [O-][Cl+3]([O-])([O-])[O-].c1cc[n+](Cc2cccs2)cc1. The van der Waals surface area contributed by atoms with Crippen LogP contribution in [0, 0.1) is 10.2 Å². The standard InChI is InChI=1S/C10H10NS.ClHO4/c1-2-6-11(7-3-1)9-10-5-4-8-12-10;2-1(3,4)5/h1-8H,9H2;(H,2,3,4,5)/q+1;/p-1. The third-order valence-corrected chi connectivity index (χ3v) is 2.56. The van der Waals surface area contributed by atoms with Gasteiger partial charge in [-0.15, -0.1) is 21.6 Å². The summed E-state index contributed by atoms with van der Waals surface area (Å²) in [5, 5.41) is 2.11. The summed E-state index contributed by atoms with van der Waals surface area (Å²) in [5.41, 5.74) is 0. The number of halogens is 1. The van der Waals surface area contributed by atoms with Crippen molar-refractivity contribution in [2.45, 2.75) is 6.54 Å². The summed E-state index contributed by atoms with van der Waals surface area (Å²) >= 11 is 1.80. The number of thiophene rings is 1. The molecule has 17 heavy (non-hydrogen) atoms. The molecule has 5 nitrogen and oxygen atoms in total. The number of hydrogen-bond donors (Lipinski definition) is 0. The Morgan fingerprint density at radius 1 is 1.00 bits per heavy atom. The van der Waals surface area contributed by atoms with Gasteiger partial charge in [0, 0.05) is 12.1 Å². The lowest BCUT2D eigenvalue weighted by Crippen LogP contribution is -2.68. The van der Waals surface area contributed by atoms with Crippen LogP contribution in [0.4, 0.5) is 0 Å². The van der Waals surface area contributed by atoms with Crippen molar-refractivity contribution in [1.82, 2.24) is 0 Å². The van der Waals surface area contributed by atoms with E-state index in [1.54, 1.807) is 11.3 Å². The Bertz CT molecular complexity index is 410. The van der Waals surface area contributed by atoms with Crippen LogP contribution in [0.15, 0.2) is 48.1 Å². The Hall–Kier alpha value is -1.02. The van der Waals surface area contributed by atoms with E-state index in [-0.39, 0.29) is 0 Å². The minimum atomic E-state index is -4.94. The van der Waals surface area contributed by atoms with Crippen LogP contribution in [-0.4, -0.2) is 0 Å². The smallest absolute Gasteiger partial charge is 0.182 e. The second-order valence-corrected chi connectivity index (χ2v) is 4.79. The zero-order valence-corrected chi connectivity index (χ0v) is 10.3. The molecule has 92 valence electrons. The molecule has 0 N–H and O–H groups in total. The molecule has 2 aromatic heterocycles. The molecular weight excluding hydrogens is 266 g/mol. The molecule has 2 heterocycles. The molecule has 0 unspecified atom stereocenters. The van der Waals surface area contributed by atoms with E-state index >= 15 is 0 Å². The predicted octanol–water partition coefficient (Wildman–Crippen LogP) is -2.67. The molecule has 0 aliphatic carbocycles. The van der Waals surface area contributed by atoms with Crippen molar-refractivity contribution in [3.05, 3.63) is 53.0 Å². The second kappa shape index (κ2) is 6.65. The fourth-order valence-corrected chi connectivity index (χ4v) is 1.83. The van der Waals surface area contributed by atoms with Gasteiger partial charge in [-0.1, -0.05) is 12.1 Å². The molecule has 7 heteroatoms. The van der Waals surface area contributed by atoms with Gasteiger partial charge >= 0.3 is 0 Å². The highest BCUT2D eigenvalue weighted by Gasteiger charge is 2.00. The van der Waals surface area contributed by atoms with Gasteiger partial charge in [0.25, 0.3) is 0 Å². The molecule has 0 amide bonds. The van der Waals surface area contributed by atoms with Gasteiger partial charge in [-0.3, -0.25) is 0 Å². The van der Waals surface area contributed by atoms with Crippen molar-refractivity contribution in [2.75, 3.05) is 0 Å². The number of nitrogens with zero attached hydrogens (tertiary/aromatic N) is 1. The van der Waals surface area contributed by atoms with Gasteiger partial charge in [-0.05, 0) is 11.4 Å². The van der Waals surface area contributed by atoms with E-state index in [0.29, 0.717) is 0 Å². The molecular formula is C10H10ClNO4S. The van der Waals surface area contributed by atoms with Crippen LogP contribution in [0.25, 0.3) is 0 Å². The molecule has 0 saturated heterocycles. The highest BCUT2D eigenvalue weighted by Crippen LogP contribution is 2.06. The highest BCUT2D eigenvalue weighted by atomic mass is 35.7. The molecule has 0 fully saturated rings. The van der Waals surface area contributed by atoms with Gasteiger partial charge in [-0.2, -0.15) is 4.57 Å². The second-order valence-electron chi connectivity index (χ2n) is 3.01. The van der Waals surface area contributed by atoms with E-state index in [0.717, 1.165) is 6.54 Å². The minimum absolute atomic E-state index is 0.985. The summed E-state index contributed by atoms with van der Waals surface area (Å²) in [6.45, 7) is 0.985. The predicted molar refractivity (Wildman–Crippen MR) is 50.1 cm³/mol. The van der Waals surface area contributed by atoms with Crippen LogP contribution < -0.4 is 23.2 Å². The van der Waals surface area contributed by atoms with Crippen molar-refractivity contribution in [1.29, 1.82) is 0 Å². The summed E-state index contributed by atoms with van der Waals surface area (Å²) in [6.07, 6.45) is 4.17. The fraction of sp³-hybridized carbons (Fsp3) is 0.100. The first-order chi connectivity index (χ1) is 7.95. The lowest BCUT2D eigenvalue weighted by Gasteiger charge is -2.17. The quantitative estimate of drug-likeness (QED) is 0.558. The maximum Gasteiger partial charge on any atom is 0.182 e. The van der Waals surface area contributed by atoms with Gasteiger partial charge in [0.15, 0.2) is 18.9 Å². The Labute approximate surface area is 105 Å². The number of rotatable bonds is 2. The molecule has 0 aromatic carbocycles. The Morgan fingerprint density at radius 2 is 1.59 bits per heavy atom.